The number of aryl methyl sites for hydroxylation is 1. The van der Waals surface area contributed by atoms with E-state index in [1.165, 1.54) is 12.1 Å². The van der Waals surface area contributed by atoms with Crippen LogP contribution < -0.4 is 14.8 Å². The standard InChI is InChI=1S/C23H20FN3O4/c1-13-21-17(22(28)25-12-14-4-9-19(29-2)20(10-14)30-3)11-18(26-23(21)31-27-13)15-5-7-16(24)8-6-15/h4-11H,12H2,1-3H3,(H,25,28). The molecule has 4 rings (SSSR count). The number of halogens is 1. The summed E-state index contributed by atoms with van der Waals surface area (Å²) in [5, 5.41) is 7.39. The highest BCUT2D eigenvalue weighted by atomic mass is 19.1. The summed E-state index contributed by atoms with van der Waals surface area (Å²) < 4.78 is 29.2. The molecule has 0 aliphatic heterocycles. The number of aromatic nitrogens is 2. The van der Waals surface area contributed by atoms with Crippen molar-refractivity contribution in [1.29, 1.82) is 0 Å². The maximum absolute atomic E-state index is 13.3. The highest BCUT2D eigenvalue weighted by Crippen LogP contribution is 2.29. The summed E-state index contributed by atoms with van der Waals surface area (Å²) in [5.74, 6) is 0.525. The Balaban J connectivity index is 1.65. The zero-order valence-electron chi connectivity index (χ0n) is 17.2. The minimum Gasteiger partial charge on any atom is -0.493 e. The maximum Gasteiger partial charge on any atom is 0.259 e. The van der Waals surface area contributed by atoms with E-state index < -0.39 is 0 Å². The van der Waals surface area contributed by atoms with Crippen LogP contribution in [-0.2, 0) is 6.54 Å². The van der Waals surface area contributed by atoms with Gasteiger partial charge in [0, 0.05) is 12.1 Å². The van der Waals surface area contributed by atoms with Gasteiger partial charge in [0.2, 0.25) is 0 Å². The number of pyridine rings is 1. The molecule has 0 unspecified atom stereocenters. The molecule has 2 aromatic carbocycles. The Morgan fingerprint density at radius 2 is 1.81 bits per heavy atom. The van der Waals surface area contributed by atoms with Crippen LogP contribution in [-0.4, -0.2) is 30.3 Å². The number of amides is 1. The van der Waals surface area contributed by atoms with Gasteiger partial charge in [-0.2, -0.15) is 0 Å². The number of methoxy groups -OCH3 is 2. The topological polar surface area (TPSA) is 86.5 Å². The molecule has 158 valence electrons. The third-order valence-corrected chi connectivity index (χ3v) is 4.90. The SMILES string of the molecule is COc1ccc(CNC(=O)c2cc(-c3ccc(F)cc3)nc3onc(C)c23)cc1OC. The number of nitrogens with zero attached hydrogens (tertiary/aromatic N) is 2. The molecule has 0 aliphatic carbocycles. The van der Waals surface area contributed by atoms with E-state index in [1.54, 1.807) is 51.5 Å². The fourth-order valence-corrected chi connectivity index (χ4v) is 3.31. The van der Waals surface area contributed by atoms with Crippen LogP contribution in [0.2, 0.25) is 0 Å². The Morgan fingerprint density at radius 3 is 2.52 bits per heavy atom. The van der Waals surface area contributed by atoms with Crippen LogP contribution in [0.15, 0.2) is 53.1 Å². The normalized spacial score (nSPS) is 10.8. The summed E-state index contributed by atoms with van der Waals surface area (Å²) in [6.07, 6.45) is 0. The van der Waals surface area contributed by atoms with E-state index in [-0.39, 0.29) is 24.0 Å². The number of fused-ring (bicyclic) bond motifs is 1. The number of carbonyl (C=O) groups excluding carboxylic acids is 1. The van der Waals surface area contributed by atoms with Gasteiger partial charge >= 0.3 is 0 Å². The molecule has 1 N–H and O–H groups in total. The van der Waals surface area contributed by atoms with Crippen LogP contribution in [0, 0.1) is 12.7 Å². The van der Waals surface area contributed by atoms with E-state index in [9.17, 15) is 9.18 Å². The fourth-order valence-electron chi connectivity index (χ4n) is 3.31. The minimum absolute atomic E-state index is 0.246. The van der Waals surface area contributed by atoms with Crippen LogP contribution in [0.4, 0.5) is 4.39 Å². The van der Waals surface area contributed by atoms with E-state index in [1.807, 2.05) is 6.07 Å². The van der Waals surface area contributed by atoms with E-state index in [2.05, 4.69) is 15.5 Å². The summed E-state index contributed by atoms with van der Waals surface area (Å²) in [4.78, 5) is 17.5. The van der Waals surface area contributed by atoms with Gasteiger partial charge < -0.3 is 19.3 Å². The molecular formula is C23H20FN3O4. The fraction of sp³-hybridized carbons (Fsp3) is 0.174. The summed E-state index contributed by atoms with van der Waals surface area (Å²) in [6.45, 7) is 2.02. The Morgan fingerprint density at radius 1 is 1.06 bits per heavy atom. The van der Waals surface area contributed by atoms with Gasteiger partial charge in [0.05, 0.1) is 36.6 Å². The summed E-state index contributed by atoms with van der Waals surface area (Å²) in [5.41, 5.74) is 3.17. The van der Waals surface area contributed by atoms with Crippen molar-refractivity contribution in [2.24, 2.45) is 0 Å². The van der Waals surface area contributed by atoms with Crippen molar-refractivity contribution in [2.45, 2.75) is 13.5 Å². The van der Waals surface area contributed by atoms with Crippen molar-refractivity contribution in [3.05, 3.63) is 71.2 Å². The molecule has 0 spiro atoms. The average Bonchev–Trinajstić information content (AvgIpc) is 3.17. The zero-order chi connectivity index (χ0) is 22.0. The van der Waals surface area contributed by atoms with Crippen LogP contribution in [0.25, 0.3) is 22.4 Å². The molecule has 0 radical (unpaired) electrons. The third-order valence-electron chi connectivity index (χ3n) is 4.90. The quantitative estimate of drug-likeness (QED) is 0.500. The van der Waals surface area contributed by atoms with Gasteiger partial charge in [-0.05, 0) is 55.0 Å². The highest BCUT2D eigenvalue weighted by molar-refractivity contribution is 6.06. The van der Waals surface area contributed by atoms with Crippen LogP contribution in [0.5, 0.6) is 11.5 Å². The highest BCUT2D eigenvalue weighted by Gasteiger charge is 2.19. The van der Waals surface area contributed by atoms with Gasteiger partial charge in [0.15, 0.2) is 11.5 Å². The molecule has 4 aromatic rings. The lowest BCUT2D eigenvalue weighted by Crippen LogP contribution is -2.23. The van der Waals surface area contributed by atoms with Crippen LogP contribution in [0.3, 0.4) is 0 Å². The monoisotopic (exact) mass is 421 g/mol. The smallest absolute Gasteiger partial charge is 0.259 e. The maximum atomic E-state index is 13.3. The van der Waals surface area contributed by atoms with Crippen molar-refractivity contribution in [1.82, 2.24) is 15.5 Å². The molecule has 2 heterocycles. The Kier molecular flexibility index (Phi) is 5.53. The second kappa shape index (κ2) is 8.43. The lowest BCUT2D eigenvalue weighted by Gasteiger charge is -2.11. The average molecular weight is 421 g/mol. The molecule has 0 atom stereocenters. The summed E-state index contributed by atoms with van der Waals surface area (Å²) in [6, 6.07) is 12.9. The number of benzene rings is 2. The number of hydrogen-bond acceptors (Lipinski definition) is 6. The first-order valence-electron chi connectivity index (χ1n) is 9.52. The lowest BCUT2D eigenvalue weighted by molar-refractivity contribution is 0.0952. The predicted molar refractivity (Wildman–Crippen MR) is 113 cm³/mol. The first-order chi connectivity index (χ1) is 15.0. The van der Waals surface area contributed by atoms with Crippen molar-refractivity contribution >= 4 is 17.0 Å². The Labute approximate surface area is 177 Å². The van der Waals surface area contributed by atoms with Crippen LogP contribution in [0.1, 0.15) is 21.6 Å². The molecule has 0 fully saturated rings. The van der Waals surface area contributed by atoms with Gasteiger partial charge in [0.25, 0.3) is 11.6 Å². The largest absolute Gasteiger partial charge is 0.493 e. The number of rotatable bonds is 6. The predicted octanol–water partition coefficient (Wildman–Crippen LogP) is 4.28. The molecule has 31 heavy (non-hydrogen) atoms. The molecule has 8 heteroatoms. The number of ether oxygens (including phenoxy) is 2. The molecule has 0 saturated carbocycles. The Hall–Kier alpha value is -3.94. The molecule has 7 nitrogen and oxygen atoms in total. The first kappa shape index (κ1) is 20.3. The summed E-state index contributed by atoms with van der Waals surface area (Å²) >= 11 is 0. The lowest BCUT2D eigenvalue weighted by atomic mass is 10.0. The van der Waals surface area contributed by atoms with Gasteiger partial charge in [-0.15, -0.1) is 0 Å². The molecule has 2 aromatic heterocycles. The zero-order valence-corrected chi connectivity index (χ0v) is 17.2. The summed E-state index contributed by atoms with van der Waals surface area (Å²) in [7, 11) is 3.12. The first-order valence-corrected chi connectivity index (χ1v) is 9.52. The molecule has 0 saturated heterocycles. The van der Waals surface area contributed by atoms with Gasteiger partial charge in [0.1, 0.15) is 5.82 Å². The van der Waals surface area contributed by atoms with Crippen molar-refractivity contribution in [3.8, 4) is 22.8 Å². The van der Waals surface area contributed by atoms with Crippen molar-refractivity contribution in [2.75, 3.05) is 14.2 Å². The Bertz CT molecular complexity index is 1250. The van der Waals surface area contributed by atoms with Gasteiger partial charge in [-0.25, -0.2) is 9.37 Å². The third kappa shape index (κ3) is 4.05. The van der Waals surface area contributed by atoms with E-state index in [4.69, 9.17) is 14.0 Å². The minimum atomic E-state index is -0.353. The van der Waals surface area contributed by atoms with E-state index >= 15 is 0 Å². The molecular weight excluding hydrogens is 401 g/mol. The molecule has 0 aliphatic rings. The van der Waals surface area contributed by atoms with E-state index in [0.29, 0.717) is 39.4 Å². The van der Waals surface area contributed by atoms with E-state index in [0.717, 1.165) is 5.56 Å². The number of carbonyl (C=O) groups is 1. The number of nitrogens with one attached hydrogen (secondary N) is 1. The molecule has 1 amide bonds. The van der Waals surface area contributed by atoms with Crippen molar-refractivity contribution in [3.63, 3.8) is 0 Å². The second-order valence-electron chi connectivity index (χ2n) is 6.88. The second-order valence-corrected chi connectivity index (χ2v) is 6.88. The van der Waals surface area contributed by atoms with Gasteiger partial charge in [-0.1, -0.05) is 11.2 Å². The van der Waals surface area contributed by atoms with Gasteiger partial charge in [-0.3, -0.25) is 4.79 Å². The molecule has 0 bridgehead atoms. The van der Waals surface area contributed by atoms with Crippen LogP contribution >= 0.6 is 0 Å². The number of hydrogen-bond donors (Lipinski definition) is 1. The van der Waals surface area contributed by atoms with Crippen molar-refractivity contribution < 1.29 is 23.2 Å².